The summed E-state index contributed by atoms with van der Waals surface area (Å²) in [6, 6.07) is 8.05. The highest BCUT2D eigenvalue weighted by atomic mass is 79.9. The summed E-state index contributed by atoms with van der Waals surface area (Å²) >= 11 is 6.85. The molecule has 0 aliphatic rings. The molecular formula is C12H7Br2N3. The van der Waals surface area contributed by atoms with E-state index in [4.69, 9.17) is 0 Å². The van der Waals surface area contributed by atoms with Gasteiger partial charge in [0.1, 0.15) is 0 Å². The summed E-state index contributed by atoms with van der Waals surface area (Å²) in [4.78, 5) is 8.72. The van der Waals surface area contributed by atoms with Crippen LogP contribution in [0, 0.1) is 0 Å². The van der Waals surface area contributed by atoms with Crippen molar-refractivity contribution in [1.82, 2.24) is 14.4 Å². The molecule has 0 spiro atoms. The largest absolute Gasteiger partial charge is 0.289 e. The maximum absolute atomic E-state index is 4.48. The average molecular weight is 353 g/mol. The van der Waals surface area contributed by atoms with E-state index in [0.717, 1.165) is 20.2 Å². The Kier molecular flexibility index (Phi) is 2.72. The number of hydrogen-bond donors (Lipinski definition) is 0. The lowest BCUT2D eigenvalue weighted by atomic mass is 10.2. The molecular weight excluding hydrogens is 346 g/mol. The molecule has 0 bridgehead atoms. The fourth-order valence-electron chi connectivity index (χ4n) is 1.65. The first-order valence-corrected chi connectivity index (χ1v) is 6.57. The molecule has 0 atom stereocenters. The van der Waals surface area contributed by atoms with E-state index >= 15 is 0 Å². The minimum absolute atomic E-state index is 0.697. The molecule has 0 radical (unpaired) electrons. The predicted molar refractivity (Wildman–Crippen MR) is 73.8 cm³/mol. The Morgan fingerprint density at radius 3 is 2.76 bits per heavy atom. The second kappa shape index (κ2) is 4.23. The van der Waals surface area contributed by atoms with Crippen LogP contribution in [0.1, 0.15) is 0 Å². The van der Waals surface area contributed by atoms with Crippen LogP contribution in [0.15, 0.2) is 51.8 Å². The summed E-state index contributed by atoms with van der Waals surface area (Å²) in [5, 5.41) is 0. The van der Waals surface area contributed by atoms with E-state index in [0.29, 0.717) is 5.78 Å². The van der Waals surface area contributed by atoms with Gasteiger partial charge in [-0.2, -0.15) is 0 Å². The molecule has 2 heterocycles. The number of rotatable bonds is 1. The second-order valence-corrected chi connectivity index (χ2v) is 5.45. The fraction of sp³-hybridized carbons (Fsp3) is 0. The number of nitrogens with zero attached hydrogens (tertiary/aromatic N) is 3. The maximum atomic E-state index is 4.48. The van der Waals surface area contributed by atoms with E-state index in [1.165, 1.54) is 0 Å². The Morgan fingerprint density at radius 2 is 1.94 bits per heavy atom. The highest BCUT2D eigenvalue weighted by Crippen LogP contribution is 2.22. The third-order valence-corrected chi connectivity index (χ3v) is 3.30. The van der Waals surface area contributed by atoms with Crippen LogP contribution in [-0.2, 0) is 0 Å². The van der Waals surface area contributed by atoms with Gasteiger partial charge in [0, 0.05) is 28.6 Å². The quantitative estimate of drug-likeness (QED) is 0.664. The highest BCUT2D eigenvalue weighted by Gasteiger charge is 2.05. The Hall–Kier alpha value is -1.20. The molecule has 0 N–H and O–H groups in total. The normalized spacial score (nSPS) is 10.9. The summed E-state index contributed by atoms with van der Waals surface area (Å²) in [7, 11) is 0. The molecule has 3 rings (SSSR count). The van der Waals surface area contributed by atoms with Gasteiger partial charge in [-0.05, 0) is 28.1 Å². The summed E-state index contributed by atoms with van der Waals surface area (Å²) in [6.07, 6.45) is 5.65. The van der Waals surface area contributed by atoms with Gasteiger partial charge in [0.2, 0.25) is 5.78 Å². The number of fused-ring (bicyclic) bond motifs is 1. The zero-order chi connectivity index (χ0) is 11.8. The number of aromatic nitrogens is 3. The van der Waals surface area contributed by atoms with Gasteiger partial charge >= 0.3 is 0 Å². The van der Waals surface area contributed by atoms with E-state index in [-0.39, 0.29) is 0 Å². The molecule has 0 unspecified atom stereocenters. The minimum Gasteiger partial charge on any atom is -0.289 e. The van der Waals surface area contributed by atoms with Gasteiger partial charge in [-0.3, -0.25) is 4.40 Å². The Labute approximate surface area is 115 Å². The third kappa shape index (κ3) is 2.12. The number of benzene rings is 1. The zero-order valence-corrected chi connectivity index (χ0v) is 11.8. The maximum Gasteiger partial charge on any atom is 0.234 e. The summed E-state index contributed by atoms with van der Waals surface area (Å²) in [6.45, 7) is 0. The minimum atomic E-state index is 0.697. The molecule has 0 aliphatic carbocycles. The van der Waals surface area contributed by atoms with Crippen molar-refractivity contribution in [3.8, 4) is 11.3 Å². The Balaban J connectivity index is 2.18. The molecule has 17 heavy (non-hydrogen) atoms. The predicted octanol–water partition coefficient (Wildman–Crippen LogP) is 3.92. The van der Waals surface area contributed by atoms with Gasteiger partial charge in [-0.25, -0.2) is 9.97 Å². The number of hydrogen-bond acceptors (Lipinski definition) is 2. The van der Waals surface area contributed by atoms with Crippen molar-refractivity contribution in [2.45, 2.75) is 0 Å². The summed E-state index contributed by atoms with van der Waals surface area (Å²) < 4.78 is 3.88. The highest BCUT2D eigenvalue weighted by molar-refractivity contribution is 9.10. The molecule has 0 saturated heterocycles. The van der Waals surface area contributed by atoms with Crippen molar-refractivity contribution >= 4 is 37.6 Å². The Bertz CT molecular complexity index is 691. The van der Waals surface area contributed by atoms with E-state index in [2.05, 4.69) is 41.8 Å². The van der Waals surface area contributed by atoms with Gasteiger partial charge < -0.3 is 0 Å². The molecule has 3 nitrogen and oxygen atoms in total. The van der Waals surface area contributed by atoms with Crippen LogP contribution in [0.4, 0.5) is 0 Å². The van der Waals surface area contributed by atoms with Crippen molar-refractivity contribution in [3.05, 3.63) is 51.8 Å². The molecule has 84 valence electrons. The fourth-order valence-corrected chi connectivity index (χ4v) is 2.37. The Morgan fingerprint density at radius 1 is 1.06 bits per heavy atom. The van der Waals surface area contributed by atoms with E-state index in [1.54, 1.807) is 6.20 Å². The van der Waals surface area contributed by atoms with Gasteiger partial charge in [-0.15, -0.1) is 0 Å². The van der Waals surface area contributed by atoms with Gasteiger partial charge in [0.25, 0.3) is 0 Å². The van der Waals surface area contributed by atoms with Crippen LogP contribution < -0.4 is 0 Å². The summed E-state index contributed by atoms with van der Waals surface area (Å²) in [5.41, 5.74) is 1.98. The van der Waals surface area contributed by atoms with Gasteiger partial charge in [0.05, 0.1) is 10.2 Å². The lowest BCUT2D eigenvalue weighted by Crippen LogP contribution is -1.85. The first-order valence-electron chi connectivity index (χ1n) is 4.98. The van der Waals surface area contributed by atoms with E-state index in [1.807, 2.05) is 41.1 Å². The molecule has 0 aliphatic heterocycles. The van der Waals surface area contributed by atoms with Crippen molar-refractivity contribution in [1.29, 1.82) is 0 Å². The first kappa shape index (κ1) is 10.9. The first-order chi connectivity index (χ1) is 8.22. The molecule has 0 fully saturated rings. The lowest BCUT2D eigenvalue weighted by molar-refractivity contribution is 1.10. The molecule has 5 heteroatoms. The van der Waals surface area contributed by atoms with Crippen LogP contribution in [0.2, 0.25) is 0 Å². The van der Waals surface area contributed by atoms with Crippen LogP contribution in [0.5, 0.6) is 0 Å². The van der Waals surface area contributed by atoms with Crippen molar-refractivity contribution in [2.75, 3.05) is 0 Å². The van der Waals surface area contributed by atoms with E-state index in [9.17, 15) is 0 Å². The van der Waals surface area contributed by atoms with Gasteiger partial charge in [0.15, 0.2) is 0 Å². The topological polar surface area (TPSA) is 30.2 Å². The van der Waals surface area contributed by atoms with Crippen LogP contribution in [0.25, 0.3) is 17.0 Å². The van der Waals surface area contributed by atoms with Gasteiger partial charge in [-0.1, -0.05) is 28.1 Å². The summed E-state index contributed by atoms with van der Waals surface area (Å²) in [5.74, 6) is 0.697. The second-order valence-electron chi connectivity index (χ2n) is 3.62. The molecule has 0 saturated carbocycles. The molecule has 0 amide bonds. The SMILES string of the molecule is Brc1cccc(-c2cn3cc(Br)cnc3n2)c1. The van der Waals surface area contributed by atoms with Crippen LogP contribution in [-0.4, -0.2) is 14.4 Å². The number of halogens is 2. The monoisotopic (exact) mass is 351 g/mol. The smallest absolute Gasteiger partial charge is 0.234 e. The van der Waals surface area contributed by atoms with Crippen LogP contribution >= 0.6 is 31.9 Å². The zero-order valence-electron chi connectivity index (χ0n) is 8.64. The molecule has 1 aromatic carbocycles. The van der Waals surface area contributed by atoms with Crippen LogP contribution in [0.3, 0.4) is 0 Å². The average Bonchev–Trinajstić information content (AvgIpc) is 2.72. The third-order valence-electron chi connectivity index (χ3n) is 2.40. The standard InChI is InChI=1S/C12H7Br2N3/c13-9-3-1-2-8(4-9)11-7-17-6-10(14)5-15-12(17)16-11/h1-7H. The van der Waals surface area contributed by atoms with E-state index < -0.39 is 0 Å². The van der Waals surface area contributed by atoms with Crippen molar-refractivity contribution in [3.63, 3.8) is 0 Å². The van der Waals surface area contributed by atoms with Crippen molar-refractivity contribution < 1.29 is 0 Å². The molecule has 2 aromatic heterocycles. The number of imidazole rings is 1. The molecule has 3 aromatic rings. The lowest BCUT2D eigenvalue weighted by Gasteiger charge is -1.95. The van der Waals surface area contributed by atoms with Crippen molar-refractivity contribution in [2.24, 2.45) is 0 Å².